The van der Waals surface area contributed by atoms with Gasteiger partial charge in [0.1, 0.15) is 18.0 Å². The Labute approximate surface area is 128 Å². The Balaban J connectivity index is 2.11. The van der Waals surface area contributed by atoms with Crippen molar-refractivity contribution in [3.8, 4) is 5.75 Å². The molecule has 0 spiro atoms. The molecule has 0 N–H and O–H groups in total. The molecular formula is C15H20BrClO2. The van der Waals surface area contributed by atoms with Crippen LogP contribution in [0.1, 0.15) is 38.7 Å². The van der Waals surface area contributed by atoms with Crippen LogP contribution in [0.2, 0.25) is 0 Å². The van der Waals surface area contributed by atoms with Gasteiger partial charge >= 0.3 is 0 Å². The normalized spacial score (nSPS) is 26.3. The van der Waals surface area contributed by atoms with Crippen molar-refractivity contribution < 1.29 is 9.47 Å². The Hall–Kier alpha value is -0.250. The van der Waals surface area contributed by atoms with Crippen molar-refractivity contribution in [3.05, 3.63) is 28.2 Å². The highest BCUT2D eigenvalue weighted by Crippen LogP contribution is 2.36. The largest absolute Gasteiger partial charge is 0.487 e. The fourth-order valence-corrected chi connectivity index (χ4v) is 3.08. The number of alkyl halides is 1. The Morgan fingerprint density at radius 1 is 1.42 bits per heavy atom. The lowest BCUT2D eigenvalue weighted by atomic mass is 9.90. The van der Waals surface area contributed by atoms with Gasteiger partial charge in [-0.15, -0.1) is 11.6 Å². The van der Waals surface area contributed by atoms with E-state index in [1.54, 1.807) is 0 Å². The van der Waals surface area contributed by atoms with Gasteiger partial charge in [-0.25, -0.2) is 0 Å². The van der Waals surface area contributed by atoms with Crippen molar-refractivity contribution in [1.82, 2.24) is 0 Å². The number of rotatable bonds is 5. The molecule has 0 aromatic heterocycles. The van der Waals surface area contributed by atoms with Gasteiger partial charge in [0.15, 0.2) is 0 Å². The lowest BCUT2D eigenvalue weighted by molar-refractivity contribution is -0.0763. The lowest BCUT2D eigenvalue weighted by Crippen LogP contribution is -2.52. The van der Waals surface area contributed by atoms with Gasteiger partial charge in [0.2, 0.25) is 0 Å². The van der Waals surface area contributed by atoms with E-state index in [4.69, 9.17) is 21.1 Å². The number of benzene rings is 1. The maximum absolute atomic E-state index is 6.17. The van der Waals surface area contributed by atoms with E-state index in [2.05, 4.69) is 35.8 Å². The van der Waals surface area contributed by atoms with Gasteiger partial charge in [0.05, 0.1) is 5.38 Å². The van der Waals surface area contributed by atoms with Crippen LogP contribution in [0, 0.1) is 0 Å². The van der Waals surface area contributed by atoms with E-state index in [-0.39, 0.29) is 17.6 Å². The first-order valence-electron chi connectivity index (χ1n) is 6.74. The first-order chi connectivity index (χ1) is 9.02. The van der Waals surface area contributed by atoms with E-state index in [0.717, 1.165) is 16.6 Å². The molecule has 0 amide bonds. The molecule has 0 aliphatic heterocycles. The molecule has 2 nitrogen and oxygen atoms in total. The number of hydrogen-bond donors (Lipinski definition) is 0. The Morgan fingerprint density at radius 3 is 2.74 bits per heavy atom. The summed E-state index contributed by atoms with van der Waals surface area (Å²) in [7, 11) is 0. The molecule has 106 valence electrons. The molecule has 1 aliphatic carbocycles. The van der Waals surface area contributed by atoms with Crippen molar-refractivity contribution in [2.75, 3.05) is 6.61 Å². The molecule has 3 unspecified atom stereocenters. The average Bonchev–Trinajstić information content (AvgIpc) is 2.37. The number of ether oxygens (including phenoxy) is 2. The van der Waals surface area contributed by atoms with Crippen molar-refractivity contribution >= 4 is 27.5 Å². The lowest BCUT2D eigenvalue weighted by Gasteiger charge is -2.40. The van der Waals surface area contributed by atoms with Gasteiger partial charge in [-0.05, 0) is 36.6 Å². The first-order valence-corrected chi connectivity index (χ1v) is 7.97. The fraction of sp³-hybridized carbons (Fsp3) is 0.600. The third-order valence-electron chi connectivity index (χ3n) is 3.41. The van der Waals surface area contributed by atoms with E-state index in [1.807, 2.05) is 19.1 Å². The Morgan fingerprint density at radius 2 is 2.16 bits per heavy atom. The molecule has 1 saturated carbocycles. The minimum atomic E-state index is 0.00956. The zero-order valence-corrected chi connectivity index (χ0v) is 13.9. The number of hydrogen-bond acceptors (Lipinski definition) is 2. The summed E-state index contributed by atoms with van der Waals surface area (Å²) in [5.41, 5.74) is 1.21. The molecule has 1 aromatic carbocycles. The van der Waals surface area contributed by atoms with Crippen molar-refractivity contribution in [3.63, 3.8) is 0 Å². The SMILES string of the molecule is CCOC1C(Cl)CC1Oc1ccc(Br)cc1C(C)C. The molecule has 1 fully saturated rings. The molecule has 1 aromatic rings. The first kappa shape index (κ1) is 15.1. The second kappa shape index (κ2) is 6.47. The maximum atomic E-state index is 6.17. The smallest absolute Gasteiger partial charge is 0.128 e. The molecule has 2 rings (SSSR count). The average molecular weight is 348 g/mol. The summed E-state index contributed by atoms with van der Waals surface area (Å²) in [6.07, 6.45) is 0.927. The van der Waals surface area contributed by atoms with Crippen LogP contribution in [-0.2, 0) is 4.74 Å². The van der Waals surface area contributed by atoms with Gasteiger partial charge in [-0.1, -0.05) is 29.8 Å². The molecule has 0 radical (unpaired) electrons. The van der Waals surface area contributed by atoms with Crippen LogP contribution in [0.5, 0.6) is 5.75 Å². The molecular weight excluding hydrogens is 328 g/mol. The molecule has 4 heteroatoms. The Kier molecular flexibility index (Phi) is 5.15. The highest BCUT2D eigenvalue weighted by molar-refractivity contribution is 9.10. The van der Waals surface area contributed by atoms with E-state index in [1.165, 1.54) is 5.56 Å². The highest BCUT2D eigenvalue weighted by atomic mass is 79.9. The van der Waals surface area contributed by atoms with Crippen LogP contribution in [0.3, 0.4) is 0 Å². The standard InChI is InChI=1S/C15H20BrClO2/c1-4-18-15-12(17)8-14(15)19-13-6-5-10(16)7-11(13)9(2)3/h5-7,9,12,14-15H,4,8H2,1-3H3. The van der Waals surface area contributed by atoms with Gasteiger partial charge in [0.25, 0.3) is 0 Å². The summed E-state index contributed by atoms with van der Waals surface area (Å²) in [4.78, 5) is 0. The summed E-state index contributed by atoms with van der Waals surface area (Å²) in [5, 5.41) is 0.0721. The fourth-order valence-electron chi connectivity index (χ4n) is 2.29. The topological polar surface area (TPSA) is 18.5 Å². The van der Waals surface area contributed by atoms with Crippen LogP contribution in [0.4, 0.5) is 0 Å². The van der Waals surface area contributed by atoms with Gasteiger partial charge in [-0.2, -0.15) is 0 Å². The quantitative estimate of drug-likeness (QED) is 0.717. The third kappa shape index (κ3) is 3.45. The van der Waals surface area contributed by atoms with Crippen LogP contribution < -0.4 is 4.74 Å². The zero-order valence-electron chi connectivity index (χ0n) is 11.5. The summed E-state index contributed by atoms with van der Waals surface area (Å²) < 4.78 is 12.8. The molecule has 1 aliphatic rings. The second-order valence-electron chi connectivity index (χ2n) is 5.16. The van der Waals surface area contributed by atoms with E-state index >= 15 is 0 Å². The van der Waals surface area contributed by atoms with Crippen LogP contribution in [0.15, 0.2) is 22.7 Å². The van der Waals surface area contributed by atoms with Gasteiger partial charge in [0, 0.05) is 17.5 Å². The third-order valence-corrected chi connectivity index (χ3v) is 4.33. The van der Waals surface area contributed by atoms with Crippen molar-refractivity contribution in [2.24, 2.45) is 0 Å². The monoisotopic (exact) mass is 346 g/mol. The Bertz CT molecular complexity index is 436. The zero-order chi connectivity index (χ0) is 14.0. The minimum absolute atomic E-state index is 0.00956. The van der Waals surface area contributed by atoms with Crippen LogP contribution >= 0.6 is 27.5 Å². The number of halogens is 2. The highest BCUT2D eigenvalue weighted by Gasteiger charge is 2.42. The van der Waals surface area contributed by atoms with Gasteiger partial charge in [-0.3, -0.25) is 0 Å². The molecule has 3 atom stereocenters. The van der Waals surface area contributed by atoms with Crippen LogP contribution in [0.25, 0.3) is 0 Å². The molecule has 19 heavy (non-hydrogen) atoms. The van der Waals surface area contributed by atoms with Gasteiger partial charge < -0.3 is 9.47 Å². The molecule has 0 heterocycles. The minimum Gasteiger partial charge on any atom is -0.487 e. The van der Waals surface area contributed by atoms with E-state index in [0.29, 0.717) is 12.5 Å². The predicted octanol–water partition coefficient (Wildman–Crippen LogP) is 4.74. The molecule has 0 bridgehead atoms. The summed E-state index contributed by atoms with van der Waals surface area (Å²) in [6.45, 7) is 6.99. The maximum Gasteiger partial charge on any atom is 0.128 e. The second-order valence-corrected chi connectivity index (χ2v) is 6.64. The predicted molar refractivity (Wildman–Crippen MR) is 82.3 cm³/mol. The van der Waals surface area contributed by atoms with E-state index < -0.39 is 0 Å². The van der Waals surface area contributed by atoms with E-state index in [9.17, 15) is 0 Å². The van der Waals surface area contributed by atoms with Crippen molar-refractivity contribution in [1.29, 1.82) is 0 Å². The van der Waals surface area contributed by atoms with Crippen LogP contribution in [-0.4, -0.2) is 24.2 Å². The molecule has 0 saturated heterocycles. The summed E-state index contributed by atoms with van der Waals surface area (Å²) in [5.74, 6) is 1.36. The van der Waals surface area contributed by atoms with Crippen molar-refractivity contribution in [2.45, 2.75) is 50.7 Å². The summed E-state index contributed by atoms with van der Waals surface area (Å²) >= 11 is 9.68. The summed E-state index contributed by atoms with van der Waals surface area (Å²) in [6, 6.07) is 6.14.